The molecule has 0 saturated carbocycles. The molecule has 2 unspecified atom stereocenters. The number of amides is 1. The molecule has 0 radical (unpaired) electrons. The molecule has 5 nitrogen and oxygen atoms in total. The van der Waals surface area contributed by atoms with Crippen LogP contribution in [-0.2, 0) is 0 Å². The van der Waals surface area contributed by atoms with Crippen molar-refractivity contribution in [3.8, 4) is 0 Å². The standard InChI is InChI=1S/C10H15N3O2/c1-7(3-8(2)14)13-10(15)9-4-11-6-12-5-9/h4-8,14H,3H2,1-2H3,(H,13,15). The number of aliphatic hydroxyl groups is 1. The van der Waals surface area contributed by atoms with Gasteiger partial charge in [0.15, 0.2) is 0 Å². The lowest BCUT2D eigenvalue weighted by molar-refractivity contribution is 0.0922. The molecule has 1 amide bonds. The van der Waals surface area contributed by atoms with E-state index < -0.39 is 6.10 Å². The largest absolute Gasteiger partial charge is 0.393 e. The molecule has 1 aromatic rings. The second-order valence-electron chi connectivity index (χ2n) is 3.59. The second kappa shape index (κ2) is 5.41. The quantitative estimate of drug-likeness (QED) is 0.751. The number of hydrogen-bond acceptors (Lipinski definition) is 4. The summed E-state index contributed by atoms with van der Waals surface area (Å²) in [5.74, 6) is -0.219. The van der Waals surface area contributed by atoms with Crippen molar-refractivity contribution in [2.45, 2.75) is 32.4 Å². The molecule has 0 aliphatic rings. The van der Waals surface area contributed by atoms with Gasteiger partial charge in [0.1, 0.15) is 6.33 Å². The zero-order valence-electron chi connectivity index (χ0n) is 8.84. The van der Waals surface area contributed by atoms with Crippen LogP contribution < -0.4 is 5.32 Å². The highest BCUT2D eigenvalue weighted by Gasteiger charge is 2.11. The number of aliphatic hydroxyl groups excluding tert-OH is 1. The number of nitrogens with zero attached hydrogens (tertiary/aromatic N) is 2. The van der Waals surface area contributed by atoms with Crippen molar-refractivity contribution >= 4 is 5.91 Å². The van der Waals surface area contributed by atoms with E-state index in [2.05, 4.69) is 15.3 Å². The monoisotopic (exact) mass is 209 g/mol. The maximum Gasteiger partial charge on any atom is 0.254 e. The van der Waals surface area contributed by atoms with Gasteiger partial charge in [-0.1, -0.05) is 0 Å². The van der Waals surface area contributed by atoms with Gasteiger partial charge in [-0.15, -0.1) is 0 Å². The number of aromatic nitrogens is 2. The van der Waals surface area contributed by atoms with Gasteiger partial charge in [0.05, 0.1) is 11.7 Å². The lowest BCUT2D eigenvalue weighted by atomic mass is 10.1. The smallest absolute Gasteiger partial charge is 0.254 e. The minimum atomic E-state index is -0.424. The third-order valence-electron chi connectivity index (χ3n) is 1.89. The highest BCUT2D eigenvalue weighted by atomic mass is 16.3. The Morgan fingerprint density at radius 2 is 2.07 bits per heavy atom. The number of rotatable bonds is 4. The summed E-state index contributed by atoms with van der Waals surface area (Å²) in [4.78, 5) is 19.1. The molecular weight excluding hydrogens is 194 g/mol. The van der Waals surface area contributed by atoms with E-state index in [-0.39, 0.29) is 11.9 Å². The van der Waals surface area contributed by atoms with E-state index in [1.165, 1.54) is 18.7 Å². The molecule has 2 atom stereocenters. The average Bonchev–Trinajstić information content (AvgIpc) is 2.17. The Hall–Kier alpha value is -1.49. The Kier molecular flexibility index (Phi) is 4.17. The van der Waals surface area contributed by atoms with Gasteiger partial charge in [0, 0.05) is 18.4 Å². The Labute approximate surface area is 88.6 Å². The predicted octanol–water partition coefficient (Wildman–Crippen LogP) is 0.366. The molecule has 1 aromatic heterocycles. The zero-order chi connectivity index (χ0) is 11.3. The topological polar surface area (TPSA) is 75.1 Å². The number of hydrogen-bond donors (Lipinski definition) is 2. The first-order chi connectivity index (χ1) is 7.09. The molecule has 1 heterocycles. The normalized spacial score (nSPS) is 14.3. The lowest BCUT2D eigenvalue weighted by Gasteiger charge is -2.14. The van der Waals surface area contributed by atoms with Crippen LogP contribution in [0.15, 0.2) is 18.7 Å². The van der Waals surface area contributed by atoms with Gasteiger partial charge in [-0.25, -0.2) is 9.97 Å². The molecule has 1 rings (SSSR count). The van der Waals surface area contributed by atoms with Crippen LogP contribution >= 0.6 is 0 Å². The van der Waals surface area contributed by atoms with Crippen LogP contribution in [0, 0.1) is 0 Å². The fraction of sp³-hybridized carbons (Fsp3) is 0.500. The Morgan fingerprint density at radius 1 is 1.47 bits per heavy atom. The van der Waals surface area contributed by atoms with Crippen LogP contribution in [0.1, 0.15) is 30.6 Å². The SMILES string of the molecule is CC(O)CC(C)NC(=O)c1cncnc1. The van der Waals surface area contributed by atoms with Crippen molar-refractivity contribution in [1.82, 2.24) is 15.3 Å². The summed E-state index contributed by atoms with van der Waals surface area (Å²) >= 11 is 0. The molecule has 0 fully saturated rings. The summed E-state index contributed by atoms with van der Waals surface area (Å²) in [6, 6.07) is -0.0716. The van der Waals surface area contributed by atoms with Gasteiger partial charge in [-0.05, 0) is 20.3 Å². The molecule has 5 heteroatoms. The Bertz CT molecular complexity index is 314. The van der Waals surface area contributed by atoms with Gasteiger partial charge in [0.25, 0.3) is 5.91 Å². The molecule has 2 N–H and O–H groups in total. The Morgan fingerprint density at radius 3 is 2.60 bits per heavy atom. The van der Waals surface area contributed by atoms with Gasteiger partial charge >= 0.3 is 0 Å². The van der Waals surface area contributed by atoms with Crippen LogP contribution in [0.3, 0.4) is 0 Å². The van der Waals surface area contributed by atoms with E-state index in [4.69, 9.17) is 5.11 Å². The molecule has 0 bridgehead atoms. The van der Waals surface area contributed by atoms with E-state index in [9.17, 15) is 4.79 Å². The highest BCUT2D eigenvalue weighted by Crippen LogP contribution is 1.99. The van der Waals surface area contributed by atoms with Crippen LogP contribution in [0.2, 0.25) is 0 Å². The van der Waals surface area contributed by atoms with E-state index in [1.807, 2.05) is 6.92 Å². The van der Waals surface area contributed by atoms with Crippen molar-refractivity contribution < 1.29 is 9.90 Å². The van der Waals surface area contributed by atoms with E-state index in [0.717, 1.165) is 0 Å². The first kappa shape index (κ1) is 11.6. The average molecular weight is 209 g/mol. The summed E-state index contributed by atoms with van der Waals surface area (Å²) in [6.45, 7) is 3.53. The maximum atomic E-state index is 11.6. The number of carbonyl (C=O) groups excluding carboxylic acids is 1. The second-order valence-corrected chi connectivity index (χ2v) is 3.59. The van der Waals surface area contributed by atoms with Crippen molar-refractivity contribution in [1.29, 1.82) is 0 Å². The third kappa shape index (κ3) is 4.03. The van der Waals surface area contributed by atoms with Gasteiger partial charge in [0.2, 0.25) is 0 Å². The summed E-state index contributed by atoms with van der Waals surface area (Å²) in [5, 5.41) is 11.9. The molecule has 0 spiro atoms. The number of carbonyl (C=O) groups is 1. The van der Waals surface area contributed by atoms with Crippen molar-refractivity contribution in [3.63, 3.8) is 0 Å². The minimum absolute atomic E-state index is 0.0716. The predicted molar refractivity (Wildman–Crippen MR) is 55.3 cm³/mol. The summed E-state index contributed by atoms with van der Waals surface area (Å²) in [7, 11) is 0. The molecule has 0 aliphatic carbocycles. The van der Waals surface area contributed by atoms with E-state index >= 15 is 0 Å². The molecule has 0 aromatic carbocycles. The minimum Gasteiger partial charge on any atom is -0.393 e. The fourth-order valence-corrected chi connectivity index (χ4v) is 1.29. The fourth-order valence-electron chi connectivity index (χ4n) is 1.29. The first-order valence-electron chi connectivity index (χ1n) is 4.83. The lowest BCUT2D eigenvalue weighted by Crippen LogP contribution is -2.34. The summed E-state index contributed by atoms with van der Waals surface area (Å²) in [6.07, 6.45) is 4.39. The van der Waals surface area contributed by atoms with Crippen LogP contribution in [-0.4, -0.2) is 33.1 Å². The van der Waals surface area contributed by atoms with E-state index in [1.54, 1.807) is 6.92 Å². The number of nitrogens with one attached hydrogen (secondary N) is 1. The van der Waals surface area contributed by atoms with Gasteiger partial charge < -0.3 is 10.4 Å². The Balaban J connectivity index is 2.49. The molecule has 82 valence electrons. The molecule has 0 saturated heterocycles. The summed E-state index contributed by atoms with van der Waals surface area (Å²) < 4.78 is 0. The first-order valence-corrected chi connectivity index (χ1v) is 4.83. The summed E-state index contributed by atoms with van der Waals surface area (Å²) in [5.41, 5.74) is 0.426. The van der Waals surface area contributed by atoms with E-state index in [0.29, 0.717) is 12.0 Å². The van der Waals surface area contributed by atoms with Crippen molar-refractivity contribution in [2.24, 2.45) is 0 Å². The van der Waals surface area contributed by atoms with Crippen molar-refractivity contribution in [3.05, 3.63) is 24.3 Å². The molecule has 0 aliphatic heterocycles. The third-order valence-corrected chi connectivity index (χ3v) is 1.89. The molecule has 15 heavy (non-hydrogen) atoms. The van der Waals surface area contributed by atoms with Crippen LogP contribution in [0.4, 0.5) is 0 Å². The maximum absolute atomic E-state index is 11.6. The zero-order valence-corrected chi connectivity index (χ0v) is 8.84. The van der Waals surface area contributed by atoms with Crippen molar-refractivity contribution in [2.75, 3.05) is 0 Å². The highest BCUT2D eigenvalue weighted by molar-refractivity contribution is 5.93. The van der Waals surface area contributed by atoms with Crippen LogP contribution in [0.5, 0.6) is 0 Å². The van der Waals surface area contributed by atoms with Crippen LogP contribution in [0.25, 0.3) is 0 Å². The van der Waals surface area contributed by atoms with Gasteiger partial charge in [-0.2, -0.15) is 0 Å². The molecular formula is C10H15N3O2. The van der Waals surface area contributed by atoms with Gasteiger partial charge in [-0.3, -0.25) is 4.79 Å².